The third-order valence-electron chi connectivity index (χ3n) is 1.74. The molecule has 12 heavy (non-hydrogen) atoms. The Kier molecular flexibility index (Phi) is 1.04. The van der Waals surface area contributed by atoms with Gasteiger partial charge in [0.15, 0.2) is 0 Å². The molecule has 0 spiro atoms. The number of pyridine rings is 1. The minimum Gasteiger partial charge on any atom is -0.494 e. The van der Waals surface area contributed by atoms with E-state index in [0.29, 0.717) is 0 Å². The number of ether oxygens (including phenoxy) is 1. The van der Waals surface area contributed by atoms with Crippen molar-refractivity contribution in [2.45, 2.75) is 0 Å². The van der Waals surface area contributed by atoms with Crippen LogP contribution in [0.1, 0.15) is 4.11 Å². The molecule has 0 saturated carbocycles. The highest BCUT2D eigenvalue weighted by atomic mass is 16.5. The van der Waals surface area contributed by atoms with Crippen LogP contribution in [0.25, 0.3) is 10.8 Å². The third-order valence-corrected chi connectivity index (χ3v) is 1.74. The predicted molar refractivity (Wildman–Crippen MR) is 48.3 cm³/mol. The number of hydrogen-bond acceptors (Lipinski definition) is 2. The highest BCUT2D eigenvalue weighted by Crippen LogP contribution is 2.22. The van der Waals surface area contributed by atoms with Gasteiger partial charge in [-0.25, -0.2) is 0 Å². The van der Waals surface area contributed by atoms with Gasteiger partial charge in [0, 0.05) is 17.0 Å². The summed E-state index contributed by atoms with van der Waals surface area (Å²) in [6.45, 7) is 0. The van der Waals surface area contributed by atoms with E-state index in [4.69, 9.17) is 8.85 Å². The van der Waals surface area contributed by atoms with Crippen molar-refractivity contribution in [1.82, 2.24) is 4.98 Å². The van der Waals surface area contributed by atoms with Gasteiger partial charge in [0.1, 0.15) is 5.75 Å². The first-order valence-electron chi connectivity index (χ1n) is 5.08. The molecule has 0 atom stereocenters. The lowest BCUT2D eigenvalue weighted by molar-refractivity contribution is 0.418. The van der Waals surface area contributed by atoms with E-state index in [1.165, 1.54) is 6.20 Å². The van der Waals surface area contributed by atoms with Crippen molar-refractivity contribution < 1.29 is 8.85 Å². The van der Waals surface area contributed by atoms with Gasteiger partial charge >= 0.3 is 0 Å². The molecule has 2 heteroatoms. The zero-order chi connectivity index (χ0) is 10.9. The summed E-state index contributed by atoms with van der Waals surface area (Å²) in [6.07, 6.45) is 3.08. The van der Waals surface area contributed by atoms with E-state index >= 15 is 0 Å². The fourth-order valence-electron chi connectivity index (χ4n) is 1.17. The van der Waals surface area contributed by atoms with E-state index in [1.54, 1.807) is 12.3 Å². The Hall–Kier alpha value is -1.57. The zero-order valence-electron chi connectivity index (χ0n) is 9.32. The van der Waals surface area contributed by atoms with E-state index in [2.05, 4.69) is 4.98 Å². The molecule has 0 aliphatic carbocycles. The highest BCUT2D eigenvalue weighted by Gasteiger charge is 1.98. The molecule has 60 valence electrons. The lowest BCUT2D eigenvalue weighted by Crippen LogP contribution is -1.85. The van der Waals surface area contributed by atoms with Crippen LogP contribution in [-0.2, 0) is 0 Å². The van der Waals surface area contributed by atoms with Crippen molar-refractivity contribution in [1.29, 1.82) is 0 Å². The molecule has 0 fully saturated rings. The fraction of sp³-hybridized carbons (Fsp3) is 0.100. The third kappa shape index (κ3) is 1.01. The minimum absolute atomic E-state index is 0.285. The molecule has 1 aromatic carbocycles. The molecule has 0 radical (unpaired) electrons. The molecule has 1 heterocycles. The molecule has 0 unspecified atom stereocenters. The van der Waals surface area contributed by atoms with Crippen LogP contribution in [0.15, 0.2) is 36.7 Å². The Morgan fingerprint density at radius 1 is 1.33 bits per heavy atom. The van der Waals surface area contributed by atoms with Gasteiger partial charge in [0.05, 0.1) is 17.3 Å². The quantitative estimate of drug-likeness (QED) is 0.641. The summed E-state index contributed by atoms with van der Waals surface area (Å²) in [4.78, 5) is 3.92. The molecule has 0 aliphatic rings. The van der Waals surface area contributed by atoms with E-state index in [-0.39, 0.29) is 5.75 Å². The molecule has 2 rings (SSSR count). The summed E-state index contributed by atoms with van der Waals surface area (Å²) in [7, 11) is -2.44. The largest absolute Gasteiger partial charge is 0.494 e. The van der Waals surface area contributed by atoms with Gasteiger partial charge in [-0.3, -0.25) is 4.98 Å². The molecule has 0 N–H and O–H groups in total. The van der Waals surface area contributed by atoms with Gasteiger partial charge in [0.2, 0.25) is 0 Å². The smallest absolute Gasteiger partial charge is 0.144 e. The Bertz CT molecular complexity index is 476. The maximum Gasteiger partial charge on any atom is 0.144 e. The van der Waals surface area contributed by atoms with Crippen LogP contribution in [-0.4, -0.2) is 12.0 Å². The summed E-state index contributed by atoms with van der Waals surface area (Å²) < 4.78 is 25.9. The Labute approximate surface area is 75.0 Å². The fourth-order valence-corrected chi connectivity index (χ4v) is 1.17. The van der Waals surface area contributed by atoms with Crippen LogP contribution in [0.5, 0.6) is 5.75 Å². The van der Waals surface area contributed by atoms with E-state index in [1.807, 2.05) is 18.2 Å². The lowest BCUT2D eigenvalue weighted by atomic mass is 10.2. The molecule has 2 nitrogen and oxygen atoms in total. The molecule has 0 aliphatic heterocycles. The van der Waals surface area contributed by atoms with Gasteiger partial charge in [-0.2, -0.15) is 0 Å². The van der Waals surface area contributed by atoms with Crippen LogP contribution >= 0.6 is 0 Å². The van der Waals surface area contributed by atoms with E-state index in [0.717, 1.165) is 10.8 Å². The topological polar surface area (TPSA) is 22.1 Å². The number of methoxy groups -OCH3 is 1. The van der Waals surface area contributed by atoms with Gasteiger partial charge < -0.3 is 4.74 Å². The first-order valence-corrected chi connectivity index (χ1v) is 3.58. The number of benzene rings is 1. The second-order valence-electron chi connectivity index (χ2n) is 2.46. The second-order valence-corrected chi connectivity index (χ2v) is 2.46. The van der Waals surface area contributed by atoms with Gasteiger partial charge in [0.25, 0.3) is 0 Å². The normalized spacial score (nSPS) is 14.8. The number of fused-ring (bicyclic) bond motifs is 1. The maximum absolute atomic E-state index is 7.03. The standard InChI is InChI=1S/C10H9NO/c1-12-10-7-11-6-8-4-2-3-5-9(8)10/h2-7H,1H3/i1D3. The Morgan fingerprint density at radius 3 is 3.17 bits per heavy atom. The van der Waals surface area contributed by atoms with Crippen molar-refractivity contribution in [2.75, 3.05) is 7.04 Å². The monoisotopic (exact) mass is 162 g/mol. The van der Waals surface area contributed by atoms with E-state index < -0.39 is 7.04 Å². The summed E-state index contributed by atoms with van der Waals surface area (Å²) in [5.41, 5.74) is 0. The van der Waals surface area contributed by atoms with Crippen LogP contribution in [0.2, 0.25) is 0 Å². The van der Waals surface area contributed by atoms with Crippen molar-refractivity contribution in [3.8, 4) is 5.75 Å². The second kappa shape index (κ2) is 2.81. The number of rotatable bonds is 1. The molecule has 0 saturated heterocycles. The van der Waals surface area contributed by atoms with Crippen molar-refractivity contribution in [3.63, 3.8) is 0 Å². The van der Waals surface area contributed by atoms with Gasteiger partial charge in [-0.15, -0.1) is 0 Å². The molecule has 1 aromatic heterocycles. The Balaban J connectivity index is 2.52. The Morgan fingerprint density at radius 2 is 2.25 bits per heavy atom. The zero-order valence-corrected chi connectivity index (χ0v) is 6.32. The van der Waals surface area contributed by atoms with Gasteiger partial charge in [-0.1, -0.05) is 24.3 Å². The molecule has 0 bridgehead atoms. The molecule has 0 amide bonds. The number of hydrogen-bond donors (Lipinski definition) is 0. The summed E-state index contributed by atoms with van der Waals surface area (Å²) in [6, 6.07) is 7.35. The summed E-state index contributed by atoms with van der Waals surface area (Å²) in [5, 5.41) is 1.61. The first kappa shape index (κ1) is 4.45. The highest BCUT2D eigenvalue weighted by molar-refractivity contribution is 5.87. The number of aromatic nitrogens is 1. The van der Waals surface area contributed by atoms with Crippen molar-refractivity contribution >= 4 is 10.8 Å². The van der Waals surface area contributed by atoms with E-state index in [9.17, 15) is 0 Å². The SMILES string of the molecule is [2H]C([2H])([2H])Oc1cncc2ccccc12. The summed E-state index contributed by atoms with van der Waals surface area (Å²) >= 11 is 0. The van der Waals surface area contributed by atoms with Crippen LogP contribution < -0.4 is 4.74 Å². The van der Waals surface area contributed by atoms with Crippen molar-refractivity contribution in [2.24, 2.45) is 0 Å². The van der Waals surface area contributed by atoms with Crippen LogP contribution in [0.3, 0.4) is 0 Å². The predicted octanol–water partition coefficient (Wildman–Crippen LogP) is 2.24. The maximum atomic E-state index is 7.03. The van der Waals surface area contributed by atoms with Crippen LogP contribution in [0, 0.1) is 0 Å². The molecule has 2 aromatic rings. The lowest BCUT2D eigenvalue weighted by Gasteiger charge is -2.02. The minimum atomic E-state index is -2.44. The van der Waals surface area contributed by atoms with Crippen LogP contribution in [0.4, 0.5) is 0 Å². The summed E-state index contributed by atoms with van der Waals surface area (Å²) in [5.74, 6) is 0.285. The first-order chi connectivity index (χ1) is 7.06. The average molecular weight is 162 g/mol. The van der Waals surface area contributed by atoms with Crippen molar-refractivity contribution in [3.05, 3.63) is 36.7 Å². The molecular weight excluding hydrogens is 150 g/mol. The number of nitrogens with zero attached hydrogens (tertiary/aromatic N) is 1. The van der Waals surface area contributed by atoms with Gasteiger partial charge in [-0.05, 0) is 0 Å². The average Bonchev–Trinajstić information content (AvgIpc) is 2.16. The molecular formula is C10H9NO.